The Bertz CT molecular complexity index is 1210. The highest BCUT2D eigenvalue weighted by molar-refractivity contribution is 5.78. The van der Waals surface area contributed by atoms with Crippen molar-refractivity contribution < 1.29 is 4.79 Å². The van der Waals surface area contributed by atoms with E-state index in [4.69, 9.17) is 0 Å². The SMILES string of the molecule is O=C(Cn1nnc2ccccc2c1=O)NC(CCCc1ccccc1)c1ccccc1. The normalized spacial score (nSPS) is 11.9. The Labute approximate surface area is 180 Å². The number of nitrogens with zero attached hydrogens (tertiary/aromatic N) is 3. The van der Waals surface area contributed by atoms with Crippen LogP contribution < -0.4 is 10.9 Å². The first kappa shape index (κ1) is 20.5. The summed E-state index contributed by atoms with van der Waals surface area (Å²) < 4.78 is 1.11. The van der Waals surface area contributed by atoms with E-state index >= 15 is 0 Å². The van der Waals surface area contributed by atoms with Crippen LogP contribution in [0.3, 0.4) is 0 Å². The summed E-state index contributed by atoms with van der Waals surface area (Å²) in [5.41, 5.74) is 2.52. The zero-order chi connectivity index (χ0) is 21.5. The fourth-order valence-corrected chi connectivity index (χ4v) is 3.67. The molecule has 1 unspecified atom stereocenters. The number of amides is 1. The number of fused-ring (bicyclic) bond motifs is 1. The largest absolute Gasteiger partial charge is 0.348 e. The van der Waals surface area contributed by atoms with E-state index in [0.717, 1.165) is 29.5 Å². The molecule has 0 saturated carbocycles. The first-order valence-corrected chi connectivity index (χ1v) is 10.4. The molecule has 0 spiro atoms. The number of carbonyl (C=O) groups is 1. The molecule has 0 saturated heterocycles. The van der Waals surface area contributed by atoms with Crippen LogP contribution >= 0.6 is 0 Å². The molecule has 1 heterocycles. The Morgan fingerprint density at radius 3 is 2.35 bits per heavy atom. The van der Waals surface area contributed by atoms with E-state index in [-0.39, 0.29) is 24.1 Å². The van der Waals surface area contributed by atoms with Crippen LogP contribution in [0.1, 0.15) is 30.0 Å². The highest BCUT2D eigenvalue weighted by Crippen LogP contribution is 2.20. The first-order valence-electron chi connectivity index (χ1n) is 10.4. The first-order chi connectivity index (χ1) is 15.2. The van der Waals surface area contributed by atoms with Crippen LogP contribution in [0.4, 0.5) is 0 Å². The average Bonchev–Trinajstić information content (AvgIpc) is 2.82. The van der Waals surface area contributed by atoms with Gasteiger partial charge in [0.25, 0.3) is 5.56 Å². The van der Waals surface area contributed by atoms with Gasteiger partial charge in [-0.1, -0.05) is 78.0 Å². The van der Waals surface area contributed by atoms with Gasteiger partial charge in [-0.25, -0.2) is 4.68 Å². The van der Waals surface area contributed by atoms with Gasteiger partial charge in [0.1, 0.15) is 12.1 Å². The number of nitrogens with one attached hydrogen (secondary N) is 1. The number of rotatable bonds is 8. The van der Waals surface area contributed by atoms with Gasteiger partial charge in [-0.05, 0) is 42.5 Å². The Morgan fingerprint density at radius 2 is 1.58 bits per heavy atom. The maximum Gasteiger partial charge on any atom is 0.278 e. The van der Waals surface area contributed by atoms with E-state index in [2.05, 4.69) is 27.8 Å². The summed E-state index contributed by atoms with van der Waals surface area (Å²) in [4.78, 5) is 25.4. The molecule has 4 rings (SSSR count). The van der Waals surface area contributed by atoms with E-state index in [0.29, 0.717) is 10.9 Å². The molecule has 156 valence electrons. The lowest BCUT2D eigenvalue weighted by Crippen LogP contribution is -2.36. The van der Waals surface area contributed by atoms with Crippen molar-refractivity contribution in [2.75, 3.05) is 0 Å². The molecule has 4 aromatic rings. The number of hydrogen-bond donors (Lipinski definition) is 1. The van der Waals surface area contributed by atoms with Crippen molar-refractivity contribution in [1.29, 1.82) is 0 Å². The lowest BCUT2D eigenvalue weighted by atomic mass is 9.99. The summed E-state index contributed by atoms with van der Waals surface area (Å²) in [5, 5.41) is 11.5. The van der Waals surface area contributed by atoms with Crippen molar-refractivity contribution in [2.45, 2.75) is 31.8 Å². The minimum Gasteiger partial charge on any atom is -0.348 e. The maximum atomic E-state index is 12.8. The second-order valence-electron chi connectivity index (χ2n) is 7.48. The van der Waals surface area contributed by atoms with E-state index in [1.165, 1.54) is 5.56 Å². The Hall–Kier alpha value is -3.80. The number of hydrogen-bond acceptors (Lipinski definition) is 4. The summed E-state index contributed by atoms with van der Waals surface area (Å²) in [6.45, 7) is -0.168. The summed E-state index contributed by atoms with van der Waals surface area (Å²) >= 11 is 0. The summed E-state index contributed by atoms with van der Waals surface area (Å²) in [5.74, 6) is -0.264. The van der Waals surface area contributed by atoms with Gasteiger partial charge in [0.05, 0.1) is 11.4 Å². The van der Waals surface area contributed by atoms with Crippen LogP contribution in [0.15, 0.2) is 89.7 Å². The molecule has 0 aliphatic carbocycles. The molecule has 0 fully saturated rings. The Kier molecular flexibility index (Phi) is 6.47. The maximum absolute atomic E-state index is 12.8. The third-order valence-electron chi connectivity index (χ3n) is 5.26. The lowest BCUT2D eigenvalue weighted by molar-refractivity contribution is -0.122. The van der Waals surface area contributed by atoms with Crippen LogP contribution in [-0.4, -0.2) is 20.9 Å². The molecule has 3 aromatic carbocycles. The van der Waals surface area contributed by atoms with Gasteiger partial charge >= 0.3 is 0 Å². The second kappa shape index (κ2) is 9.80. The van der Waals surface area contributed by atoms with E-state index < -0.39 is 0 Å². The van der Waals surface area contributed by atoms with E-state index in [1.54, 1.807) is 24.3 Å². The predicted molar refractivity (Wildman–Crippen MR) is 121 cm³/mol. The van der Waals surface area contributed by atoms with E-state index in [1.807, 2.05) is 48.5 Å². The molecular formula is C25H24N4O2. The standard InChI is InChI=1S/C25H24N4O2/c30-24(18-29-25(31)21-15-7-8-16-23(21)27-28-29)26-22(20-13-5-2-6-14-20)17-9-12-19-10-3-1-4-11-19/h1-8,10-11,13-16,22H,9,12,17-18H2,(H,26,30). The molecular weight excluding hydrogens is 388 g/mol. The van der Waals surface area contributed by atoms with Crippen molar-refractivity contribution >= 4 is 16.8 Å². The van der Waals surface area contributed by atoms with Crippen LogP contribution in [0, 0.1) is 0 Å². The van der Waals surface area contributed by atoms with Crippen molar-refractivity contribution in [3.8, 4) is 0 Å². The molecule has 0 bridgehead atoms. The second-order valence-corrected chi connectivity index (χ2v) is 7.48. The highest BCUT2D eigenvalue weighted by atomic mass is 16.2. The minimum atomic E-state index is -0.318. The number of aromatic nitrogens is 3. The summed E-state index contributed by atoms with van der Waals surface area (Å²) in [6.07, 6.45) is 2.66. The zero-order valence-corrected chi connectivity index (χ0v) is 17.1. The third kappa shape index (κ3) is 5.22. The monoisotopic (exact) mass is 412 g/mol. The van der Waals surface area contributed by atoms with E-state index in [9.17, 15) is 9.59 Å². The fourth-order valence-electron chi connectivity index (χ4n) is 3.67. The van der Waals surface area contributed by atoms with Crippen LogP contribution in [0.2, 0.25) is 0 Å². The number of carbonyl (C=O) groups excluding carboxylic acids is 1. The molecule has 1 amide bonds. The zero-order valence-electron chi connectivity index (χ0n) is 17.1. The molecule has 31 heavy (non-hydrogen) atoms. The molecule has 1 atom stereocenters. The van der Waals surface area contributed by atoms with Gasteiger partial charge in [0.15, 0.2) is 0 Å². The topological polar surface area (TPSA) is 76.9 Å². The Balaban J connectivity index is 1.45. The Morgan fingerprint density at radius 1 is 0.903 bits per heavy atom. The summed E-state index contributed by atoms with van der Waals surface area (Å²) in [7, 11) is 0. The highest BCUT2D eigenvalue weighted by Gasteiger charge is 2.16. The molecule has 0 aliphatic rings. The minimum absolute atomic E-state index is 0.137. The van der Waals surface area contributed by atoms with Crippen molar-refractivity contribution in [1.82, 2.24) is 20.3 Å². The third-order valence-corrected chi connectivity index (χ3v) is 5.26. The van der Waals surface area contributed by atoms with Crippen molar-refractivity contribution in [2.24, 2.45) is 0 Å². The number of aryl methyl sites for hydroxylation is 1. The van der Waals surface area contributed by atoms with Crippen molar-refractivity contribution in [3.05, 3.63) is 106 Å². The van der Waals surface area contributed by atoms with Gasteiger partial charge in [-0.2, -0.15) is 0 Å². The average molecular weight is 412 g/mol. The molecule has 0 radical (unpaired) electrons. The van der Waals surface area contributed by atoms with Gasteiger partial charge < -0.3 is 5.32 Å². The number of benzene rings is 3. The smallest absolute Gasteiger partial charge is 0.278 e. The van der Waals surface area contributed by atoms with Crippen LogP contribution in [0.25, 0.3) is 10.9 Å². The summed E-state index contributed by atoms with van der Waals surface area (Å²) in [6, 6.07) is 27.1. The molecule has 1 aromatic heterocycles. The van der Waals surface area contributed by atoms with Gasteiger partial charge in [0.2, 0.25) is 5.91 Å². The van der Waals surface area contributed by atoms with Crippen LogP contribution in [-0.2, 0) is 17.8 Å². The molecule has 0 aliphatic heterocycles. The lowest BCUT2D eigenvalue weighted by Gasteiger charge is -2.19. The van der Waals surface area contributed by atoms with Gasteiger partial charge in [-0.15, -0.1) is 5.10 Å². The molecule has 6 nitrogen and oxygen atoms in total. The molecule has 6 heteroatoms. The fraction of sp³-hybridized carbons (Fsp3) is 0.200. The van der Waals surface area contributed by atoms with Crippen LogP contribution in [0.5, 0.6) is 0 Å². The molecule has 1 N–H and O–H groups in total. The van der Waals surface area contributed by atoms with Gasteiger partial charge in [-0.3, -0.25) is 9.59 Å². The quantitative estimate of drug-likeness (QED) is 0.479. The van der Waals surface area contributed by atoms with Crippen molar-refractivity contribution in [3.63, 3.8) is 0 Å². The van der Waals surface area contributed by atoms with Gasteiger partial charge in [0, 0.05) is 0 Å². The predicted octanol–water partition coefficient (Wildman–Crippen LogP) is 3.67.